The molecule has 1 aromatic heterocycles. The number of anilines is 1. The van der Waals surface area contributed by atoms with Crippen molar-refractivity contribution in [2.45, 2.75) is 0 Å². The minimum Gasteiger partial charge on any atom is -0.491 e. The van der Waals surface area contributed by atoms with Crippen LogP contribution >= 0.6 is 15.9 Å². The van der Waals surface area contributed by atoms with Gasteiger partial charge in [-0.25, -0.2) is 4.79 Å². The molecule has 0 atom stereocenters. The van der Waals surface area contributed by atoms with Crippen molar-refractivity contribution in [2.75, 3.05) is 18.5 Å². The monoisotopic (exact) mass is 385 g/mol. The molecule has 24 heavy (non-hydrogen) atoms. The molecule has 6 heteroatoms. The molecule has 5 nitrogen and oxygen atoms in total. The Morgan fingerprint density at radius 1 is 1.08 bits per heavy atom. The van der Waals surface area contributed by atoms with Crippen LogP contribution in [0.25, 0.3) is 10.9 Å². The molecule has 0 bridgehead atoms. The van der Waals surface area contributed by atoms with Gasteiger partial charge in [-0.15, -0.1) is 0 Å². The van der Waals surface area contributed by atoms with Crippen LogP contribution in [0, 0.1) is 0 Å². The molecule has 0 aliphatic carbocycles. The number of urea groups is 1. The van der Waals surface area contributed by atoms with Gasteiger partial charge in [-0.05, 0) is 40.2 Å². The summed E-state index contributed by atoms with van der Waals surface area (Å²) in [5, 5.41) is 6.56. The Bertz CT molecular complexity index is 849. The van der Waals surface area contributed by atoms with Crippen molar-refractivity contribution in [1.29, 1.82) is 0 Å². The number of halogens is 1. The van der Waals surface area contributed by atoms with E-state index in [1.807, 2.05) is 54.6 Å². The summed E-state index contributed by atoms with van der Waals surface area (Å²) in [6.45, 7) is 0.773. The number of para-hydroxylation sites is 2. The van der Waals surface area contributed by atoms with Crippen molar-refractivity contribution in [3.05, 3.63) is 65.3 Å². The molecule has 0 saturated carbocycles. The summed E-state index contributed by atoms with van der Waals surface area (Å²) in [6.07, 6.45) is 1.71. The molecule has 3 aromatic rings. The van der Waals surface area contributed by atoms with E-state index in [9.17, 15) is 4.79 Å². The molecule has 0 radical (unpaired) electrons. The SMILES string of the molecule is O=C(NCCOc1ccccc1Br)Nc1cccc2cccnc12. The highest BCUT2D eigenvalue weighted by Crippen LogP contribution is 2.23. The molecule has 0 unspecified atom stereocenters. The zero-order chi connectivity index (χ0) is 16.8. The fraction of sp³-hybridized carbons (Fsp3) is 0.111. The van der Waals surface area contributed by atoms with Crippen LogP contribution in [-0.4, -0.2) is 24.2 Å². The number of amides is 2. The molecule has 0 aliphatic heterocycles. The van der Waals surface area contributed by atoms with Gasteiger partial charge in [0.05, 0.1) is 22.2 Å². The third-order valence-corrected chi connectivity index (χ3v) is 4.02. The number of ether oxygens (including phenoxy) is 1. The number of hydrogen-bond acceptors (Lipinski definition) is 3. The Hall–Kier alpha value is -2.60. The topological polar surface area (TPSA) is 63.2 Å². The van der Waals surface area contributed by atoms with Gasteiger partial charge in [-0.2, -0.15) is 0 Å². The second-order valence-electron chi connectivity index (χ2n) is 5.04. The zero-order valence-electron chi connectivity index (χ0n) is 12.8. The molecule has 2 aromatic carbocycles. The standard InChI is InChI=1S/C18H16BrN3O2/c19-14-7-1-2-9-16(14)24-12-11-21-18(23)22-15-8-3-5-13-6-4-10-20-17(13)15/h1-10H,11-12H2,(H2,21,22,23). The van der Waals surface area contributed by atoms with Crippen LogP contribution in [0.1, 0.15) is 0 Å². The maximum atomic E-state index is 12.0. The van der Waals surface area contributed by atoms with Gasteiger partial charge >= 0.3 is 6.03 Å². The quantitative estimate of drug-likeness (QED) is 0.646. The van der Waals surface area contributed by atoms with Crippen molar-refractivity contribution >= 4 is 38.6 Å². The summed E-state index contributed by atoms with van der Waals surface area (Å²) in [5.41, 5.74) is 1.44. The lowest BCUT2D eigenvalue weighted by molar-refractivity contribution is 0.247. The summed E-state index contributed by atoms with van der Waals surface area (Å²) in [6, 6.07) is 16.8. The van der Waals surface area contributed by atoms with E-state index < -0.39 is 0 Å². The Morgan fingerprint density at radius 2 is 1.92 bits per heavy atom. The third kappa shape index (κ3) is 4.02. The number of carbonyl (C=O) groups excluding carboxylic acids is 1. The van der Waals surface area contributed by atoms with Crippen molar-refractivity contribution < 1.29 is 9.53 Å². The molecular formula is C18H16BrN3O2. The van der Waals surface area contributed by atoms with Crippen molar-refractivity contribution in [2.24, 2.45) is 0 Å². The van der Waals surface area contributed by atoms with Crippen LogP contribution in [0.5, 0.6) is 5.75 Å². The van der Waals surface area contributed by atoms with Crippen molar-refractivity contribution in [3.8, 4) is 5.75 Å². The van der Waals surface area contributed by atoms with E-state index in [0.717, 1.165) is 21.1 Å². The van der Waals surface area contributed by atoms with E-state index in [-0.39, 0.29) is 6.03 Å². The number of carbonyl (C=O) groups is 1. The van der Waals surface area contributed by atoms with Crippen LogP contribution in [0.4, 0.5) is 10.5 Å². The van der Waals surface area contributed by atoms with Gasteiger partial charge < -0.3 is 15.4 Å². The second kappa shape index (κ2) is 7.79. The number of pyridine rings is 1. The predicted molar refractivity (Wildman–Crippen MR) is 98.4 cm³/mol. The third-order valence-electron chi connectivity index (χ3n) is 3.36. The molecule has 0 aliphatic rings. The Kier molecular flexibility index (Phi) is 5.28. The normalized spacial score (nSPS) is 10.4. The molecule has 0 saturated heterocycles. The van der Waals surface area contributed by atoms with Gasteiger partial charge in [0.25, 0.3) is 0 Å². The van der Waals surface area contributed by atoms with Crippen LogP contribution in [0.3, 0.4) is 0 Å². The maximum absolute atomic E-state index is 12.0. The Labute approximate surface area is 148 Å². The number of nitrogens with one attached hydrogen (secondary N) is 2. The number of hydrogen-bond donors (Lipinski definition) is 2. The molecule has 122 valence electrons. The van der Waals surface area contributed by atoms with Crippen molar-refractivity contribution in [1.82, 2.24) is 10.3 Å². The fourth-order valence-corrected chi connectivity index (χ4v) is 2.66. The van der Waals surface area contributed by atoms with Crippen LogP contribution in [0.2, 0.25) is 0 Å². The predicted octanol–water partition coefficient (Wildman–Crippen LogP) is 4.20. The van der Waals surface area contributed by atoms with Gasteiger partial charge in [0.2, 0.25) is 0 Å². The number of nitrogens with zero attached hydrogens (tertiary/aromatic N) is 1. The molecule has 0 fully saturated rings. The van der Waals surface area contributed by atoms with E-state index in [1.165, 1.54) is 0 Å². The van der Waals surface area contributed by atoms with Gasteiger partial charge in [0, 0.05) is 11.6 Å². The van der Waals surface area contributed by atoms with Gasteiger partial charge in [-0.3, -0.25) is 4.98 Å². The number of aromatic nitrogens is 1. The summed E-state index contributed by atoms with van der Waals surface area (Å²) < 4.78 is 6.49. The second-order valence-corrected chi connectivity index (χ2v) is 5.89. The largest absolute Gasteiger partial charge is 0.491 e. The smallest absolute Gasteiger partial charge is 0.319 e. The van der Waals surface area contributed by atoms with E-state index >= 15 is 0 Å². The average molecular weight is 386 g/mol. The van der Waals surface area contributed by atoms with Crippen LogP contribution in [-0.2, 0) is 0 Å². The Balaban J connectivity index is 1.51. The zero-order valence-corrected chi connectivity index (χ0v) is 14.4. The maximum Gasteiger partial charge on any atom is 0.319 e. The van der Waals surface area contributed by atoms with E-state index in [2.05, 4.69) is 31.5 Å². The summed E-state index contributed by atoms with van der Waals surface area (Å²) in [7, 11) is 0. The number of fused-ring (bicyclic) bond motifs is 1. The molecule has 2 amide bonds. The van der Waals surface area contributed by atoms with E-state index in [0.29, 0.717) is 18.8 Å². The lowest BCUT2D eigenvalue weighted by atomic mass is 10.2. The molecule has 2 N–H and O–H groups in total. The lowest BCUT2D eigenvalue weighted by Crippen LogP contribution is -2.32. The van der Waals surface area contributed by atoms with E-state index in [4.69, 9.17) is 4.74 Å². The van der Waals surface area contributed by atoms with Crippen LogP contribution in [0.15, 0.2) is 65.3 Å². The van der Waals surface area contributed by atoms with Gasteiger partial charge in [0.15, 0.2) is 0 Å². The molecular weight excluding hydrogens is 370 g/mol. The van der Waals surface area contributed by atoms with Gasteiger partial charge in [-0.1, -0.05) is 30.3 Å². The first-order valence-electron chi connectivity index (χ1n) is 7.50. The van der Waals surface area contributed by atoms with Crippen LogP contribution < -0.4 is 15.4 Å². The summed E-state index contributed by atoms with van der Waals surface area (Å²) in [5.74, 6) is 0.748. The first-order chi connectivity index (χ1) is 11.7. The molecule has 3 rings (SSSR count). The van der Waals surface area contributed by atoms with Crippen molar-refractivity contribution in [3.63, 3.8) is 0 Å². The highest BCUT2D eigenvalue weighted by Gasteiger charge is 2.06. The fourth-order valence-electron chi connectivity index (χ4n) is 2.26. The van der Waals surface area contributed by atoms with Gasteiger partial charge in [0.1, 0.15) is 12.4 Å². The lowest BCUT2D eigenvalue weighted by Gasteiger charge is -2.11. The number of benzene rings is 2. The molecule has 1 heterocycles. The Morgan fingerprint density at radius 3 is 2.79 bits per heavy atom. The minimum atomic E-state index is -0.288. The first-order valence-corrected chi connectivity index (χ1v) is 8.29. The highest BCUT2D eigenvalue weighted by atomic mass is 79.9. The van der Waals surface area contributed by atoms with E-state index in [1.54, 1.807) is 6.20 Å². The summed E-state index contributed by atoms with van der Waals surface area (Å²) in [4.78, 5) is 16.3. The average Bonchev–Trinajstić information content (AvgIpc) is 2.60. The minimum absolute atomic E-state index is 0.288. The molecule has 0 spiro atoms. The first kappa shape index (κ1) is 16.3. The number of rotatable bonds is 5. The highest BCUT2D eigenvalue weighted by molar-refractivity contribution is 9.10. The summed E-state index contributed by atoms with van der Waals surface area (Å²) >= 11 is 3.41.